The van der Waals surface area contributed by atoms with E-state index in [-0.39, 0.29) is 0 Å². The maximum absolute atomic E-state index is 5.77. The van der Waals surface area contributed by atoms with Crippen LogP contribution in [0.25, 0.3) is 21.8 Å². The van der Waals surface area contributed by atoms with E-state index in [4.69, 9.17) is 5.73 Å². The van der Waals surface area contributed by atoms with Crippen molar-refractivity contribution < 1.29 is 0 Å². The van der Waals surface area contributed by atoms with Gasteiger partial charge in [-0.3, -0.25) is 0 Å². The smallest absolute Gasteiger partial charge is 0.126 e. The number of aromatic amines is 1. The lowest BCUT2D eigenvalue weighted by Gasteiger charge is -2.05. The summed E-state index contributed by atoms with van der Waals surface area (Å²) in [5.41, 5.74) is 9.96. The second kappa shape index (κ2) is 3.53. The summed E-state index contributed by atoms with van der Waals surface area (Å²) in [6.07, 6.45) is 1.96. The number of aryl methyl sites for hydroxylation is 2. The van der Waals surface area contributed by atoms with Gasteiger partial charge in [0.1, 0.15) is 5.82 Å². The van der Waals surface area contributed by atoms with Crippen molar-refractivity contribution in [2.24, 2.45) is 5.73 Å². The van der Waals surface area contributed by atoms with Gasteiger partial charge in [-0.05, 0) is 31.5 Å². The molecule has 0 amide bonds. The second-order valence-electron chi connectivity index (χ2n) is 4.26. The van der Waals surface area contributed by atoms with Crippen molar-refractivity contribution in [3.8, 4) is 0 Å². The molecule has 4 heteroatoms. The molecule has 2 heterocycles. The van der Waals surface area contributed by atoms with Gasteiger partial charge in [-0.25, -0.2) is 9.97 Å². The van der Waals surface area contributed by atoms with Crippen LogP contribution in [0.1, 0.15) is 17.1 Å². The number of aromatic nitrogens is 3. The monoisotopic (exact) mass is 226 g/mol. The molecular formula is C13H14N4. The molecule has 0 bridgehead atoms. The molecule has 2 aromatic heterocycles. The van der Waals surface area contributed by atoms with E-state index < -0.39 is 0 Å². The van der Waals surface area contributed by atoms with Crippen molar-refractivity contribution >= 4 is 21.8 Å². The van der Waals surface area contributed by atoms with E-state index in [2.05, 4.69) is 15.0 Å². The first-order chi connectivity index (χ1) is 8.20. The zero-order valence-electron chi connectivity index (χ0n) is 9.91. The van der Waals surface area contributed by atoms with E-state index in [9.17, 15) is 0 Å². The lowest BCUT2D eigenvalue weighted by atomic mass is 10.1. The second-order valence-corrected chi connectivity index (χ2v) is 4.26. The number of hydrogen-bond acceptors (Lipinski definition) is 3. The molecule has 4 nitrogen and oxygen atoms in total. The fraction of sp³-hybridized carbons (Fsp3) is 0.231. The van der Waals surface area contributed by atoms with Crippen LogP contribution in [0.3, 0.4) is 0 Å². The summed E-state index contributed by atoms with van der Waals surface area (Å²) in [5.74, 6) is 0.805. The molecule has 0 aliphatic rings. The summed E-state index contributed by atoms with van der Waals surface area (Å²) in [7, 11) is 0. The van der Waals surface area contributed by atoms with Gasteiger partial charge in [0.05, 0.1) is 5.52 Å². The Morgan fingerprint density at radius 1 is 1.18 bits per heavy atom. The molecule has 0 atom stereocenters. The third-order valence-electron chi connectivity index (χ3n) is 3.10. The number of nitrogens with one attached hydrogen (secondary N) is 1. The number of rotatable bonds is 1. The molecule has 0 unspecified atom stereocenters. The van der Waals surface area contributed by atoms with E-state index in [1.54, 1.807) is 0 Å². The van der Waals surface area contributed by atoms with Crippen LogP contribution in [0.4, 0.5) is 0 Å². The molecule has 3 rings (SSSR count). The Labute approximate surface area is 98.9 Å². The zero-order chi connectivity index (χ0) is 12.0. The number of nitrogens with two attached hydrogens (primary N) is 1. The molecular weight excluding hydrogens is 212 g/mol. The van der Waals surface area contributed by atoms with Gasteiger partial charge in [-0.1, -0.05) is 0 Å². The topological polar surface area (TPSA) is 67.6 Å². The summed E-state index contributed by atoms with van der Waals surface area (Å²) in [6.45, 7) is 4.45. The highest BCUT2D eigenvalue weighted by Gasteiger charge is 2.10. The first-order valence-corrected chi connectivity index (χ1v) is 5.64. The third kappa shape index (κ3) is 1.41. The van der Waals surface area contributed by atoms with Crippen LogP contribution in [-0.4, -0.2) is 15.0 Å². The van der Waals surface area contributed by atoms with Crippen molar-refractivity contribution in [2.75, 3.05) is 0 Å². The highest BCUT2D eigenvalue weighted by molar-refractivity contribution is 6.08. The number of benzene rings is 1. The fourth-order valence-electron chi connectivity index (χ4n) is 2.40. The van der Waals surface area contributed by atoms with Gasteiger partial charge in [-0.15, -0.1) is 0 Å². The molecule has 0 saturated heterocycles. The Balaban J connectivity index is 2.57. The lowest BCUT2D eigenvalue weighted by molar-refractivity contribution is 1.05. The Kier molecular flexibility index (Phi) is 2.12. The summed E-state index contributed by atoms with van der Waals surface area (Å²) < 4.78 is 0. The van der Waals surface area contributed by atoms with Crippen molar-refractivity contribution in [3.63, 3.8) is 0 Å². The minimum atomic E-state index is 0.520. The van der Waals surface area contributed by atoms with Gasteiger partial charge in [0.15, 0.2) is 0 Å². The van der Waals surface area contributed by atoms with E-state index in [1.807, 2.05) is 32.2 Å². The van der Waals surface area contributed by atoms with Gasteiger partial charge in [-0.2, -0.15) is 0 Å². The van der Waals surface area contributed by atoms with Crippen molar-refractivity contribution in [1.29, 1.82) is 0 Å². The molecule has 0 aliphatic heterocycles. The van der Waals surface area contributed by atoms with Crippen molar-refractivity contribution in [2.45, 2.75) is 20.4 Å². The predicted octanol–water partition coefficient (Wildman–Crippen LogP) is 2.19. The van der Waals surface area contributed by atoms with Crippen molar-refractivity contribution in [3.05, 3.63) is 35.4 Å². The molecule has 0 radical (unpaired) electrons. The largest absolute Gasteiger partial charge is 0.361 e. The SMILES string of the molecule is Cc1nc(C)c2c(ccc3[nH]cc(CN)c32)n1. The minimum absolute atomic E-state index is 0.520. The Morgan fingerprint density at radius 2 is 2.00 bits per heavy atom. The van der Waals surface area contributed by atoms with Crippen LogP contribution in [0, 0.1) is 13.8 Å². The minimum Gasteiger partial charge on any atom is -0.361 e. The summed E-state index contributed by atoms with van der Waals surface area (Å²) in [5, 5.41) is 2.26. The van der Waals surface area contributed by atoms with Crippen LogP contribution < -0.4 is 5.73 Å². The maximum Gasteiger partial charge on any atom is 0.126 e. The summed E-state index contributed by atoms with van der Waals surface area (Å²) >= 11 is 0. The van der Waals surface area contributed by atoms with Crippen molar-refractivity contribution in [1.82, 2.24) is 15.0 Å². The van der Waals surface area contributed by atoms with Crippen LogP contribution >= 0.6 is 0 Å². The molecule has 17 heavy (non-hydrogen) atoms. The maximum atomic E-state index is 5.77. The van der Waals surface area contributed by atoms with E-state index >= 15 is 0 Å². The number of H-pyrrole nitrogens is 1. The van der Waals surface area contributed by atoms with Gasteiger partial charge in [0.2, 0.25) is 0 Å². The average molecular weight is 226 g/mol. The quantitative estimate of drug-likeness (QED) is 0.668. The zero-order valence-corrected chi connectivity index (χ0v) is 9.91. The number of fused-ring (bicyclic) bond motifs is 3. The van der Waals surface area contributed by atoms with Crippen LogP contribution in [0.5, 0.6) is 0 Å². The van der Waals surface area contributed by atoms with Crippen LogP contribution in [0.2, 0.25) is 0 Å². The molecule has 86 valence electrons. The van der Waals surface area contributed by atoms with Gasteiger partial charge in [0.25, 0.3) is 0 Å². The highest BCUT2D eigenvalue weighted by Crippen LogP contribution is 2.28. The van der Waals surface area contributed by atoms with Gasteiger partial charge < -0.3 is 10.7 Å². The Morgan fingerprint density at radius 3 is 2.76 bits per heavy atom. The lowest BCUT2D eigenvalue weighted by Crippen LogP contribution is -1.97. The van der Waals surface area contributed by atoms with Gasteiger partial charge >= 0.3 is 0 Å². The molecule has 0 aliphatic carbocycles. The third-order valence-corrected chi connectivity index (χ3v) is 3.10. The van der Waals surface area contributed by atoms with Crippen LogP contribution in [0.15, 0.2) is 18.3 Å². The number of hydrogen-bond donors (Lipinski definition) is 2. The Bertz CT molecular complexity index is 712. The van der Waals surface area contributed by atoms with E-state index in [0.717, 1.165) is 38.9 Å². The van der Waals surface area contributed by atoms with E-state index in [1.165, 1.54) is 0 Å². The molecule has 0 saturated carbocycles. The average Bonchev–Trinajstić information content (AvgIpc) is 2.70. The van der Waals surface area contributed by atoms with Crippen LogP contribution in [-0.2, 0) is 6.54 Å². The summed E-state index contributed by atoms with van der Waals surface area (Å²) in [6, 6.07) is 4.07. The molecule has 3 N–H and O–H groups in total. The number of nitrogens with zero attached hydrogens (tertiary/aromatic N) is 2. The molecule has 1 aromatic carbocycles. The molecule has 3 aromatic rings. The first-order valence-electron chi connectivity index (χ1n) is 5.64. The molecule has 0 spiro atoms. The summed E-state index contributed by atoms with van der Waals surface area (Å²) in [4.78, 5) is 12.2. The van der Waals surface area contributed by atoms with Gasteiger partial charge in [0, 0.05) is 34.7 Å². The highest BCUT2D eigenvalue weighted by atomic mass is 14.9. The van der Waals surface area contributed by atoms with E-state index in [0.29, 0.717) is 6.54 Å². The first kappa shape index (κ1) is 10.2. The predicted molar refractivity (Wildman–Crippen MR) is 68.8 cm³/mol. The normalized spacial score (nSPS) is 11.5. The fourth-order valence-corrected chi connectivity index (χ4v) is 2.40. The Hall–Kier alpha value is -1.94. The molecule has 0 fully saturated rings. The standard InChI is InChI=1S/C13H14N4/c1-7-12-11(17-8(2)16-7)4-3-10-13(12)9(5-14)6-15-10/h3-4,6,15H,5,14H2,1-2H3.